The van der Waals surface area contributed by atoms with Crippen molar-refractivity contribution in [2.45, 2.75) is 44.8 Å². The van der Waals surface area contributed by atoms with Crippen LogP contribution in [0, 0.1) is 13.8 Å². The molecule has 3 amide bonds. The lowest BCUT2D eigenvalue weighted by atomic mass is 9.83. The number of β-lactam (4-membered cyclic amide) rings is 1. The van der Waals surface area contributed by atoms with Gasteiger partial charge in [-0.15, -0.1) is 0 Å². The number of hydrogen-bond donors (Lipinski definition) is 0. The van der Waals surface area contributed by atoms with E-state index in [9.17, 15) is 14.4 Å². The molecular formula is C24H27N3O4S. The number of rotatable bonds is 4. The highest BCUT2D eigenvalue weighted by atomic mass is 32.2. The second kappa shape index (κ2) is 8.31. The lowest BCUT2D eigenvalue weighted by Crippen LogP contribution is -2.69. The number of carbonyl (C=O) groups excluding carboxylic acids is 3. The fourth-order valence-electron chi connectivity index (χ4n) is 5.06. The third-order valence-electron chi connectivity index (χ3n) is 6.98. The largest absolute Gasteiger partial charge is 0.459 e. The number of aryl methyl sites for hydroxylation is 2. The zero-order chi connectivity index (χ0) is 22.4. The quantitative estimate of drug-likeness (QED) is 0.661. The van der Waals surface area contributed by atoms with Gasteiger partial charge in [-0.1, -0.05) is 30.0 Å². The topological polar surface area (TPSA) is 74.1 Å². The van der Waals surface area contributed by atoms with E-state index in [4.69, 9.17) is 4.42 Å². The second-order valence-corrected chi connectivity index (χ2v) is 9.83. The Hall–Kier alpha value is -2.74. The first-order valence-corrected chi connectivity index (χ1v) is 12.1. The van der Waals surface area contributed by atoms with Crippen molar-refractivity contribution in [1.82, 2.24) is 14.7 Å². The average molecular weight is 454 g/mol. The molecule has 3 aliphatic heterocycles. The fraction of sp³-hybridized carbons (Fsp3) is 0.458. The number of hydrogen-bond acceptors (Lipinski definition) is 5. The molecule has 0 aliphatic carbocycles. The summed E-state index contributed by atoms with van der Waals surface area (Å²) in [5.41, 5.74) is 3.47. The molecule has 3 saturated heterocycles. The minimum Gasteiger partial charge on any atom is -0.459 e. The van der Waals surface area contributed by atoms with E-state index in [1.807, 2.05) is 4.90 Å². The minimum absolute atomic E-state index is 0.00398. The van der Waals surface area contributed by atoms with Crippen molar-refractivity contribution in [2.24, 2.45) is 0 Å². The van der Waals surface area contributed by atoms with E-state index in [0.717, 1.165) is 24.2 Å². The molecule has 32 heavy (non-hydrogen) atoms. The summed E-state index contributed by atoms with van der Waals surface area (Å²) in [5.74, 6) is 1.00. The molecule has 1 aromatic carbocycles. The van der Waals surface area contributed by atoms with E-state index < -0.39 is 6.04 Å². The van der Waals surface area contributed by atoms with Gasteiger partial charge in [-0.3, -0.25) is 14.4 Å². The van der Waals surface area contributed by atoms with Crippen LogP contribution in [0.1, 0.15) is 46.1 Å². The Kier molecular flexibility index (Phi) is 5.49. The van der Waals surface area contributed by atoms with E-state index in [2.05, 4.69) is 32.0 Å². The Morgan fingerprint density at radius 3 is 2.44 bits per heavy atom. The first-order valence-electron chi connectivity index (χ1n) is 11.1. The first kappa shape index (κ1) is 21.1. The van der Waals surface area contributed by atoms with Crippen molar-refractivity contribution < 1.29 is 18.8 Å². The van der Waals surface area contributed by atoms with Crippen molar-refractivity contribution in [2.75, 3.05) is 25.4 Å². The zero-order valence-corrected chi connectivity index (χ0v) is 19.1. The van der Waals surface area contributed by atoms with Gasteiger partial charge in [0.1, 0.15) is 6.04 Å². The number of carbonyl (C=O) groups is 3. The maximum absolute atomic E-state index is 13.4. The Morgan fingerprint density at radius 2 is 1.81 bits per heavy atom. The smallest absolute Gasteiger partial charge is 0.289 e. The van der Waals surface area contributed by atoms with Gasteiger partial charge in [0.25, 0.3) is 11.1 Å². The molecule has 8 heteroatoms. The van der Waals surface area contributed by atoms with Crippen LogP contribution in [0.15, 0.2) is 41.0 Å². The molecule has 2 atom stereocenters. The molecule has 1 aromatic heterocycles. The summed E-state index contributed by atoms with van der Waals surface area (Å²) in [5, 5.41) is -0.00398. The van der Waals surface area contributed by atoms with Crippen molar-refractivity contribution in [1.29, 1.82) is 0 Å². The maximum Gasteiger partial charge on any atom is 0.289 e. The number of nitrogens with zero attached hydrogens (tertiary/aromatic N) is 3. The van der Waals surface area contributed by atoms with Gasteiger partial charge in [-0.2, -0.15) is 0 Å². The monoisotopic (exact) mass is 453 g/mol. The minimum atomic E-state index is -0.428. The summed E-state index contributed by atoms with van der Waals surface area (Å²) < 4.78 is 5.25. The van der Waals surface area contributed by atoms with E-state index in [1.54, 1.807) is 21.9 Å². The number of thioether (sulfide) groups is 1. The first-order chi connectivity index (χ1) is 15.5. The number of piperidine rings is 1. The highest BCUT2D eigenvalue weighted by Gasteiger charge is 2.55. The van der Waals surface area contributed by atoms with Gasteiger partial charge in [-0.05, 0) is 55.5 Å². The molecule has 4 heterocycles. The van der Waals surface area contributed by atoms with E-state index in [0.29, 0.717) is 25.4 Å². The molecule has 5 rings (SSSR count). The zero-order valence-electron chi connectivity index (χ0n) is 18.3. The number of benzene rings is 1. The molecule has 7 nitrogen and oxygen atoms in total. The molecule has 3 fully saturated rings. The molecule has 0 spiro atoms. The average Bonchev–Trinajstić information content (AvgIpc) is 3.47. The SMILES string of the molecule is Cc1ccc([C@@H]2[C@H](N3CCSC3=O)C(=O)N2C2CCN(C(=O)c3ccco3)CC2)cc1C. The van der Waals surface area contributed by atoms with Crippen LogP contribution in [0.3, 0.4) is 0 Å². The number of amides is 3. The van der Waals surface area contributed by atoms with Crippen LogP contribution in [0.25, 0.3) is 0 Å². The number of furan rings is 1. The lowest BCUT2D eigenvalue weighted by molar-refractivity contribution is -0.163. The lowest BCUT2D eigenvalue weighted by Gasteiger charge is -2.55. The summed E-state index contributed by atoms with van der Waals surface area (Å²) >= 11 is 1.29. The molecule has 168 valence electrons. The van der Waals surface area contributed by atoms with Gasteiger partial charge in [0.15, 0.2) is 5.76 Å². The van der Waals surface area contributed by atoms with Crippen molar-refractivity contribution in [3.63, 3.8) is 0 Å². The van der Waals surface area contributed by atoms with Gasteiger partial charge in [0.2, 0.25) is 5.91 Å². The Labute approximate surface area is 191 Å². The van der Waals surface area contributed by atoms with Crippen LogP contribution < -0.4 is 0 Å². The molecule has 3 aliphatic rings. The third kappa shape index (κ3) is 3.50. The van der Waals surface area contributed by atoms with Gasteiger partial charge in [0, 0.05) is 31.4 Å². The Morgan fingerprint density at radius 1 is 1.03 bits per heavy atom. The molecule has 0 radical (unpaired) electrons. The van der Waals surface area contributed by atoms with Crippen LogP contribution in [0.4, 0.5) is 4.79 Å². The Bertz CT molecular complexity index is 1050. The highest BCUT2D eigenvalue weighted by molar-refractivity contribution is 8.13. The van der Waals surface area contributed by atoms with Crippen LogP contribution in [0.2, 0.25) is 0 Å². The van der Waals surface area contributed by atoms with Gasteiger partial charge in [-0.25, -0.2) is 0 Å². The van der Waals surface area contributed by atoms with Gasteiger partial charge in [0.05, 0.1) is 12.3 Å². The molecule has 0 bridgehead atoms. The fourth-order valence-corrected chi connectivity index (χ4v) is 5.89. The summed E-state index contributed by atoms with van der Waals surface area (Å²) in [6, 6.07) is 9.20. The Balaban J connectivity index is 1.36. The summed E-state index contributed by atoms with van der Waals surface area (Å²) in [4.78, 5) is 43.9. The molecule has 0 saturated carbocycles. The molecule has 0 N–H and O–H groups in total. The van der Waals surface area contributed by atoms with Gasteiger partial charge >= 0.3 is 0 Å². The summed E-state index contributed by atoms with van der Waals surface area (Å²) in [6.07, 6.45) is 2.94. The van der Waals surface area contributed by atoms with E-state index in [-0.39, 0.29) is 29.1 Å². The van der Waals surface area contributed by atoms with Crippen LogP contribution in [-0.4, -0.2) is 69.2 Å². The number of likely N-dealkylation sites (tertiary alicyclic amines) is 2. The van der Waals surface area contributed by atoms with Crippen LogP contribution in [0.5, 0.6) is 0 Å². The summed E-state index contributed by atoms with van der Waals surface area (Å²) in [7, 11) is 0. The van der Waals surface area contributed by atoms with Crippen LogP contribution >= 0.6 is 11.8 Å². The van der Waals surface area contributed by atoms with Crippen molar-refractivity contribution >= 4 is 28.8 Å². The standard InChI is InChI=1S/C24H27N3O4S/c1-15-5-6-17(14-16(15)2)20-21(26-11-13-32-24(26)30)23(29)27(20)18-7-9-25(10-8-18)22(28)19-4-3-12-31-19/h3-6,12,14,18,20-21H,7-11,13H2,1-2H3/t20-,21+/m1/s1. The van der Waals surface area contributed by atoms with E-state index >= 15 is 0 Å². The van der Waals surface area contributed by atoms with Crippen molar-refractivity contribution in [3.8, 4) is 0 Å². The normalized spacial score (nSPS) is 24.2. The van der Waals surface area contributed by atoms with E-state index in [1.165, 1.54) is 29.2 Å². The predicted octanol–water partition coefficient (Wildman–Crippen LogP) is 3.62. The van der Waals surface area contributed by atoms with Crippen molar-refractivity contribution in [3.05, 3.63) is 59.0 Å². The predicted molar refractivity (Wildman–Crippen MR) is 121 cm³/mol. The highest BCUT2D eigenvalue weighted by Crippen LogP contribution is 2.44. The molecular weight excluding hydrogens is 426 g/mol. The summed E-state index contributed by atoms with van der Waals surface area (Å²) in [6.45, 7) is 5.93. The second-order valence-electron chi connectivity index (χ2n) is 8.79. The molecule has 0 unspecified atom stereocenters. The maximum atomic E-state index is 13.4. The third-order valence-corrected chi connectivity index (χ3v) is 7.85. The molecule has 2 aromatic rings. The van der Waals surface area contributed by atoms with Gasteiger partial charge < -0.3 is 19.1 Å². The van der Waals surface area contributed by atoms with Crippen LogP contribution in [-0.2, 0) is 4.79 Å².